The highest BCUT2D eigenvalue weighted by atomic mass is 19.1. The molecule has 0 N–H and O–H groups in total. The number of rotatable bonds is 0. The molecule has 2 aliphatic carbocycles. The third-order valence-electron chi connectivity index (χ3n) is 7.15. The van der Waals surface area contributed by atoms with Crippen LogP contribution in [0, 0.1) is 57.2 Å². The number of aryl methyl sites for hydroxylation is 4. The lowest BCUT2D eigenvalue weighted by molar-refractivity contribution is 0.308. The highest BCUT2D eigenvalue weighted by Gasteiger charge is 2.13. The Bertz CT molecular complexity index is 695. The lowest BCUT2D eigenvalue weighted by atomic mass is 9.84. The SMILES string of the molecule is C.CC1CCC(C)CC1.CC1CCC(C)CC1.Cc1ccc(C)c(F)c1.Cc1ccc(C)cc1.[HH].[HH]. The smallest absolute Gasteiger partial charge is 0.126 e. The summed E-state index contributed by atoms with van der Waals surface area (Å²) in [6, 6.07) is 13.7. The molecule has 0 radical (unpaired) electrons. The van der Waals surface area contributed by atoms with Crippen LogP contribution in [0.15, 0.2) is 42.5 Å². The van der Waals surface area contributed by atoms with Crippen molar-refractivity contribution < 1.29 is 7.24 Å². The lowest BCUT2D eigenvalue weighted by Gasteiger charge is -2.22. The maximum absolute atomic E-state index is 12.6. The van der Waals surface area contributed by atoms with Crippen LogP contribution in [0.5, 0.6) is 0 Å². The highest BCUT2D eigenvalue weighted by molar-refractivity contribution is 5.21. The van der Waals surface area contributed by atoms with Crippen LogP contribution in [0.25, 0.3) is 0 Å². The monoisotopic (exact) mass is 474 g/mol. The molecule has 198 valence electrons. The van der Waals surface area contributed by atoms with Crippen molar-refractivity contribution in [3.63, 3.8) is 0 Å². The van der Waals surface area contributed by atoms with Gasteiger partial charge in [-0.15, -0.1) is 0 Å². The molecule has 0 heterocycles. The molecule has 0 aromatic heterocycles. The average molecular weight is 475 g/mol. The molecule has 34 heavy (non-hydrogen) atoms. The summed E-state index contributed by atoms with van der Waals surface area (Å²) in [5, 5.41) is 0. The van der Waals surface area contributed by atoms with Crippen LogP contribution in [-0.2, 0) is 0 Å². The Hall–Kier alpha value is -1.63. The van der Waals surface area contributed by atoms with Crippen molar-refractivity contribution in [2.75, 3.05) is 0 Å². The van der Waals surface area contributed by atoms with E-state index < -0.39 is 0 Å². The Labute approximate surface area is 215 Å². The van der Waals surface area contributed by atoms with Crippen LogP contribution in [0.3, 0.4) is 0 Å². The van der Waals surface area contributed by atoms with Gasteiger partial charge in [0, 0.05) is 2.85 Å². The summed E-state index contributed by atoms with van der Waals surface area (Å²) in [7, 11) is 0. The van der Waals surface area contributed by atoms with Gasteiger partial charge in [0.1, 0.15) is 5.82 Å². The fraction of sp³-hybridized carbons (Fsp3) is 0.636. The molecule has 0 bridgehead atoms. The quantitative estimate of drug-likeness (QED) is 0.356. The third-order valence-corrected chi connectivity index (χ3v) is 7.15. The van der Waals surface area contributed by atoms with Gasteiger partial charge in [0.25, 0.3) is 0 Å². The minimum atomic E-state index is -0.116. The first kappa shape index (κ1) is 32.4. The molecule has 2 aliphatic rings. The molecule has 0 aliphatic heterocycles. The zero-order chi connectivity index (χ0) is 24.8. The minimum absolute atomic E-state index is 0. The first-order valence-corrected chi connectivity index (χ1v) is 13.3. The highest BCUT2D eigenvalue weighted by Crippen LogP contribution is 2.27. The van der Waals surface area contributed by atoms with Gasteiger partial charge in [-0.3, -0.25) is 0 Å². The van der Waals surface area contributed by atoms with Gasteiger partial charge >= 0.3 is 0 Å². The molecule has 4 rings (SSSR count). The topological polar surface area (TPSA) is 0 Å². The summed E-state index contributed by atoms with van der Waals surface area (Å²) in [6.45, 7) is 17.3. The molecule has 1 heteroatoms. The van der Waals surface area contributed by atoms with E-state index in [9.17, 15) is 4.39 Å². The van der Waals surface area contributed by atoms with Crippen molar-refractivity contribution >= 4 is 0 Å². The Morgan fingerprint density at radius 3 is 1.03 bits per heavy atom. The fourth-order valence-electron chi connectivity index (χ4n) is 4.19. The molecular formula is C33H59F. The zero-order valence-electron chi connectivity index (χ0n) is 22.9. The number of benzene rings is 2. The zero-order valence-corrected chi connectivity index (χ0v) is 22.9. The van der Waals surface area contributed by atoms with E-state index in [1.807, 2.05) is 13.0 Å². The number of halogens is 1. The first-order valence-electron chi connectivity index (χ1n) is 13.3. The molecule has 0 atom stereocenters. The lowest BCUT2D eigenvalue weighted by Crippen LogP contribution is -2.08. The maximum atomic E-state index is 12.6. The number of hydrogen-bond donors (Lipinski definition) is 0. The standard InChI is InChI=1S/C8H9F.2C8H16.C8H10.CH4.2H2/c1-6-3-4-7(2)8(9)5-6;3*1-7-3-5-8(2)6-4-7;;;/h3-5H,1-2H3;2*7-8H,3-6H2,1-2H3;3-6H,1-2H3;1H4;2*1H. The normalized spacial score (nSPS) is 23.4. The Kier molecular flexibility index (Phi) is 16.9. The summed E-state index contributed by atoms with van der Waals surface area (Å²) in [5.74, 6) is 3.96. The van der Waals surface area contributed by atoms with Gasteiger partial charge in [-0.1, -0.05) is 134 Å². The summed E-state index contributed by atoms with van der Waals surface area (Å²) < 4.78 is 12.6. The van der Waals surface area contributed by atoms with Gasteiger partial charge in [-0.2, -0.15) is 0 Å². The second-order valence-corrected chi connectivity index (χ2v) is 11.1. The van der Waals surface area contributed by atoms with Crippen molar-refractivity contribution in [1.29, 1.82) is 0 Å². The Balaban J connectivity index is -0.000000393. The van der Waals surface area contributed by atoms with E-state index in [2.05, 4.69) is 65.8 Å². The molecule has 0 amide bonds. The Morgan fingerprint density at radius 1 is 0.529 bits per heavy atom. The molecule has 0 spiro atoms. The summed E-state index contributed by atoms with van der Waals surface area (Å²) in [4.78, 5) is 0. The van der Waals surface area contributed by atoms with Gasteiger partial charge in [-0.25, -0.2) is 4.39 Å². The summed E-state index contributed by atoms with van der Waals surface area (Å²) in [6.07, 6.45) is 11.8. The van der Waals surface area contributed by atoms with Crippen molar-refractivity contribution in [1.82, 2.24) is 0 Å². The second kappa shape index (κ2) is 17.8. The van der Waals surface area contributed by atoms with E-state index in [1.165, 1.54) is 68.6 Å². The molecule has 0 nitrogen and oxygen atoms in total. The molecule has 2 aromatic rings. The molecule has 2 fully saturated rings. The van der Waals surface area contributed by atoms with Gasteiger partial charge in [0.15, 0.2) is 0 Å². The third kappa shape index (κ3) is 15.3. The van der Waals surface area contributed by atoms with Gasteiger partial charge < -0.3 is 0 Å². The largest absolute Gasteiger partial charge is 0.207 e. The second-order valence-electron chi connectivity index (χ2n) is 11.1. The van der Waals surface area contributed by atoms with Crippen LogP contribution in [0.4, 0.5) is 4.39 Å². The average Bonchev–Trinajstić information content (AvgIpc) is 2.79. The van der Waals surface area contributed by atoms with Gasteiger partial charge in [0.05, 0.1) is 0 Å². The van der Waals surface area contributed by atoms with Crippen LogP contribution >= 0.6 is 0 Å². The van der Waals surface area contributed by atoms with E-state index in [4.69, 9.17) is 0 Å². The molecule has 0 saturated heterocycles. The predicted octanol–water partition coefficient (Wildman–Crippen LogP) is 11.5. The van der Waals surface area contributed by atoms with Crippen molar-refractivity contribution in [3.05, 3.63) is 70.5 Å². The van der Waals surface area contributed by atoms with Crippen LogP contribution in [0.2, 0.25) is 0 Å². The Morgan fingerprint density at radius 2 is 0.794 bits per heavy atom. The maximum Gasteiger partial charge on any atom is 0.126 e. The number of hydrogen-bond acceptors (Lipinski definition) is 0. The van der Waals surface area contributed by atoms with Crippen molar-refractivity contribution in [2.24, 2.45) is 23.7 Å². The van der Waals surface area contributed by atoms with E-state index in [1.54, 1.807) is 13.0 Å². The molecule has 2 saturated carbocycles. The van der Waals surface area contributed by atoms with Crippen molar-refractivity contribution in [2.45, 2.75) is 114 Å². The van der Waals surface area contributed by atoms with Crippen LogP contribution in [0.1, 0.15) is 112 Å². The molecule has 2 aromatic carbocycles. The predicted molar refractivity (Wildman–Crippen MR) is 156 cm³/mol. The van der Waals surface area contributed by atoms with Crippen LogP contribution < -0.4 is 0 Å². The minimum Gasteiger partial charge on any atom is -0.207 e. The summed E-state index contributed by atoms with van der Waals surface area (Å²) in [5.41, 5.74) is 4.34. The van der Waals surface area contributed by atoms with E-state index >= 15 is 0 Å². The fourth-order valence-corrected chi connectivity index (χ4v) is 4.19. The van der Waals surface area contributed by atoms with E-state index in [-0.39, 0.29) is 16.1 Å². The molecule has 0 unspecified atom stereocenters. The first-order chi connectivity index (χ1) is 15.6. The molecular weight excluding hydrogens is 415 g/mol. The van der Waals surface area contributed by atoms with Crippen LogP contribution in [-0.4, -0.2) is 0 Å². The van der Waals surface area contributed by atoms with Gasteiger partial charge in [-0.05, 0) is 68.6 Å². The van der Waals surface area contributed by atoms with E-state index in [0.29, 0.717) is 5.56 Å². The van der Waals surface area contributed by atoms with Gasteiger partial charge in [0.2, 0.25) is 0 Å². The summed E-state index contributed by atoms with van der Waals surface area (Å²) >= 11 is 0. The van der Waals surface area contributed by atoms with E-state index in [0.717, 1.165) is 29.2 Å². The van der Waals surface area contributed by atoms with Crippen molar-refractivity contribution in [3.8, 4) is 0 Å².